The molecule has 2 aliphatic heterocycles. The Labute approximate surface area is 161 Å². The number of fused-ring (bicyclic) bond motifs is 1. The van der Waals surface area contributed by atoms with Crippen LogP contribution in [0.1, 0.15) is 57.1 Å². The highest BCUT2D eigenvalue weighted by Crippen LogP contribution is 2.47. The second-order valence-electron chi connectivity index (χ2n) is 7.34. The predicted molar refractivity (Wildman–Crippen MR) is 106 cm³/mol. The van der Waals surface area contributed by atoms with E-state index >= 15 is 0 Å². The number of nitrogens with zero attached hydrogens (tertiary/aromatic N) is 5. The Morgan fingerprint density at radius 1 is 1.17 bits per heavy atom. The van der Waals surface area contributed by atoms with Crippen molar-refractivity contribution < 1.29 is 0 Å². The van der Waals surface area contributed by atoms with Gasteiger partial charge in [0.05, 0.1) is 0 Å². The van der Waals surface area contributed by atoms with Crippen LogP contribution in [0.25, 0.3) is 0 Å². The fourth-order valence-electron chi connectivity index (χ4n) is 4.26. The summed E-state index contributed by atoms with van der Waals surface area (Å²) in [4.78, 5) is 7.33. The van der Waals surface area contributed by atoms with Gasteiger partial charge in [0.25, 0.3) is 0 Å². The minimum absolute atomic E-state index is 0. The minimum atomic E-state index is 0. The largest absolute Gasteiger partial charge is 0.357 e. The highest BCUT2D eigenvalue weighted by molar-refractivity contribution is 14.0. The van der Waals surface area contributed by atoms with Gasteiger partial charge in [-0.3, -0.25) is 0 Å². The quantitative estimate of drug-likeness (QED) is 0.443. The van der Waals surface area contributed by atoms with Crippen molar-refractivity contribution in [2.24, 2.45) is 10.4 Å². The topological polar surface area (TPSA) is 58.3 Å². The van der Waals surface area contributed by atoms with Gasteiger partial charge in [0.2, 0.25) is 0 Å². The normalized spacial score (nSPS) is 22.0. The number of guanidine groups is 1. The van der Waals surface area contributed by atoms with Crippen LogP contribution in [0.3, 0.4) is 0 Å². The van der Waals surface area contributed by atoms with Crippen LogP contribution in [0, 0.1) is 5.41 Å². The lowest BCUT2D eigenvalue weighted by molar-refractivity contribution is 0.151. The Morgan fingerprint density at radius 3 is 2.75 bits per heavy atom. The van der Waals surface area contributed by atoms with E-state index in [-0.39, 0.29) is 24.0 Å². The molecule has 1 spiro atoms. The average Bonchev–Trinajstić information content (AvgIpc) is 3.16. The smallest absolute Gasteiger partial charge is 0.194 e. The molecule has 1 aromatic heterocycles. The Bertz CT molecular complexity index is 592. The number of aromatic nitrogens is 3. The molecule has 7 heteroatoms. The molecule has 3 aliphatic rings. The van der Waals surface area contributed by atoms with Gasteiger partial charge < -0.3 is 14.8 Å². The van der Waals surface area contributed by atoms with E-state index in [4.69, 9.17) is 4.99 Å². The second-order valence-corrected chi connectivity index (χ2v) is 7.34. The van der Waals surface area contributed by atoms with Crippen LogP contribution in [0.5, 0.6) is 0 Å². The average molecular weight is 444 g/mol. The zero-order valence-electron chi connectivity index (χ0n) is 14.6. The van der Waals surface area contributed by atoms with E-state index in [0.717, 1.165) is 43.7 Å². The second kappa shape index (κ2) is 7.58. The number of aryl methyl sites for hydroxylation is 1. The molecule has 0 radical (unpaired) electrons. The Hall–Kier alpha value is -0.860. The van der Waals surface area contributed by atoms with E-state index in [1.807, 2.05) is 0 Å². The number of hydrogen-bond donors (Lipinski definition) is 1. The lowest BCUT2D eigenvalue weighted by Gasteiger charge is -2.38. The fourth-order valence-corrected chi connectivity index (χ4v) is 4.26. The molecule has 1 saturated carbocycles. The summed E-state index contributed by atoms with van der Waals surface area (Å²) in [6.07, 6.45) is 9.08. The molecule has 1 saturated heterocycles. The van der Waals surface area contributed by atoms with E-state index in [1.54, 1.807) is 0 Å². The summed E-state index contributed by atoms with van der Waals surface area (Å²) in [5.41, 5.74) is 0.601. The van der Waals surface area contributed by atoms with Crippen molar-refractivity contribution in [3.63, 3.8) is 0 Å². The monoisotopic (exact) mass is 444 g/mol. The first kappa shape index (κ1) is 17.9. The van der Waals surface area contributed by atoms with Crippen LogP contribution in [-0.4, -0.2) is 45.3 Å². The van der Waals surface area contributed by atoms with Gasteiger partial charge in [-0.15, -0.1) is 34.2 Å². The van der Waals surface area contributed by atoms with Gasteiger partial charge in [-0.25, -0.2) is 4.99 Å². The van der Waals surface area contributed by atoms with Crippen molar-refractivity contribution in [2.45, 2.75) is 65.0 Å². The van der Waals surface area contributed by atoms with E-state index in [9.17, 15) is 0 Å². The first-order valence-electron chi connectivity index (χ1n) is 9.24. The van der Waals surface area contributed by atoms with Crippen molar-refractivity contribution in [1.29, 1.82) is 0 Å². The molecule has 1 N–H and O–H groups in total. The molecule has 3 heterocycles. The van der Waals surface area contributed by atoms with Crippen LogP contribution < -0.4 is 5.32 Å². The van der Waals surface area contributed by atoms with Crippen LogP contribution in [-0.2, 0) is 19.5 Å². The van der Waals surface area contributed by atoms with Gasteiger partial charge in [-0.2, -0.15) is 0 Å². The Balaban J connectivity index is 0.00000169. The zero-order chi connectivity index (χ0) is 15.7. The summed E-state index contributed by atoms with van der Waals surface area (Å²) in [7, 11) is 0. The third-order valence-electron chi connectivity index (χ3n) is 5.79. The zero-order valence-corrected chi connectivity index (χ0v) is 17.0. The number of nitrogens with one attached hydrogen (secondary N) is 1. The van der Waals surface area contributed by atoms with Crippen LogP contribution in [0.4, 0.5) is 0 Å². The van der Waals surface area contributed by atoms with Crippen LogP contribution >= 0.6 is 24.0 Å². The number of hydrogen-bond acceptors (Lipinski definition) is 3. The molecule has 1 aromatic rings. The number of likely N-dealkylation sites (tertiary alicyclic amines) is 1. The molecule has 0 atom stereocenters. The highest BCUT2D eigenvalue weighted by atomic mass is 127. The first-order valence-corrected chi connectivity index (χ1v) is 9.24. The third-order valence-corrected chi connectivity index (χ3v) is 5.79. The molecular formula is C17H29IN6. The highest BCUT2D eigenvalue weighted by Gasteiger charge is 2.43. The standard InChI is InChI=1S/C17H28N6.HI/c1-2-18-16(22-11-9-17(13-22)7-5-8-17)19-12-15-21-20-14-6-3-4-10-23(14)15;/h2-13H2,1H3,(H,18,19);1H. The van der Waals surface area contributed by atoms with Crippen molar-refractivity contribution >= 4 is 29.9 Å². The van der Waals surface area contributed by atoms with Crippen molar-refractivity contribution in [1.82, 2.24) is 25.0 Å². The van der Waals surface area contributed by atoms with Gasteiger partial charge >= 0.3 is 0 Å². The van der Waals surface area contributed by atoms with Gasteiger partial charge in [-0.05, 0) is 44.4 Å². The summed E-state index contributed by atoms with van der Waals surface area (Å²) in [5, 5.41) is 12.2. The van der Waals surface area contributed by atoms with E-state index in [1.165, 1.54) is 45.1 Å². The number of halogens is 1. The summed E-state index contributed by atoms with van der Waals surface area (Å²) in [5.74, 6) is 3.22. The lowest BCUT2D eigenvalue weighted by Crippen LogP contribution is -2.42. The summed E-state index contributed by atoms with van der Waals surface area (Å²) in [6.45, 7) is 7.07. The van der Waals surface area contributed by atoms with E-state index in [2.05, 4.69) is 31.9 Å². The molecule has 2 fully saturated rings. The number of aliphatic imine (C=N–C) groups is 1. The molecule has 0 amide bonds. The molecule has 6 nitrogen and oxygen atoms in total. The molecule has 0 unspecified atom stereocenters. The molecular weight excluding hydrogens is 415 g/mol. The SMILES string of the molecule is CCNC(=NCc1nnc2n1CCCC2)N1CCC2(CCC2)C1.I. The molecule has 24 heavy (non-hydrogen) atoms. The maximum atomic E-state index is 4.88. The summed E-state index contributed by atoms with van der Waals surface area (Å²) in [6, 6.07) is 0. The molecule has 0 aromatic carbocycles. The molecule has 1 aliphatic carbocycles. The third kappa shape index (κ3) is 3.41. The Kier molecular flexibility index (Phi) is 5.66. The Morgan fingerprint density at radius 2 is 2.04 bits per heavy atom. The van der Waals surface area contributed by atoms with Gasteiger partial charge in [-0.1, -0.05) is 6.42 Å². The van der Waals surface area contributed by atoms with Crippen molar-refractivity contribution in [2.75, 3.05) is 19.6 Å². The van der Waals surface area contributed by atoms with Crippen LogP contribution in [0.15, 0.2) is 4.99 Å². The number of rotatable bonds is 3. The molecule has 0 bridgehead atoms. The molecule has 4 rings (SSSR count). The van der Waals surface area contributed by atoms with Crippen molar-refractivity contribution in [3.05, 3.63) is 11.6 Å². The van der Waals surface area contributed by atoms with E-state index in [0.29, 0.717) is 12.0 Å². The summed E-state index contributed by atoms with van der Waals surface area (Å²) >= 11 is 0. The maximum Gasteiger partial charge on any atom is 0.194 e. The maximum absolute atomic E-state index is 4.88. The fraction of sp³-hybridized carbons (Fsp3) is 0.824. The lowest BCUT2D eigenvalue weighted by atomic mass is 9.68. The van der Waals surface area contributed by atoms with E-state index < -0.39 is 0 Å². The van der Waals surface area contributed by atoms with Crippen LogP contribution in [0.2, 0.25) is 0 Å². The van der Waals surface area contributed by atoms with Gasteiger partial charge in [0.1, 0.15) is 12.4 Å². The molecule has 134 valence electrons. The van der Waals surface area contributed by atoms with Gasteiger partial charge in [0.15, 0.2) is 11.8 Å². The predicted octanol–water partition coefficient (Wildman–Crippen LogP) is 2.57. The first-order chi connectivity index (χ1) is 11.3. The minimum Gasteiger partial charge on any atom is -0.357 e. The van der Waals surface area contributed by atoms with Crippen molar-refractivity contribution in [3.8, 4) is 0 Å². The van der Waals surface area contributed by atoms with Gasteiger partial charge in [0, 0.05) is 32.6 Å². The summed E-state index contributed by atoms with van der Waals surface area (Å²) < 4.78 is 2.27.